The van der Waals surface area contributed by atoms with E-state index in [2.05, 4.69) is 15.3 Å². The fraction of sp³-hybridized carbons (Fsp3) is 0.0833. The van der Waals surface area contributed by atoms with Crippen molar-refractivity contribution in [3.8, 4) is 0 Å². The second kappa shape index (κ2) is 4.93. The third-order valence-corrected chi connectivity index (χ3v) is 2.45. The number of hydrogen-bond donors (Lipinski definition) is 1. The van der Waals surface area contributed by atoms with Crippen molar-refractivity contribution in [3.05, 3.63) is 53.1 Å². The van der Waals surface area contributed by atoms with Gasteiger partial charge in [0.15, 0.2) is 0 Å². The zero-order valence-electron chi connectivity index (χ0n) is 9.14. The number of anilines is 1. The van der Waals surface area contributed by atoms with Gasteiger partial charge in [-0.25, -0.2) is 4.98 Å². The van der Waals surface area contributed by atoms with Crippen molar-refractivity contribution in [2.75, 3.05) is 5.32 Å². The molecule has 0 radical (unpaired) electrons. The largest absolute Gasteiger partial charge is 0.320 e. The summed E-state index contributed by atoms with van der Waals surface area (Å²) in [5.74, 6) is -0.231. The van der Waals surface area contributed by atoms with E-state index >= 15 is 0 Å². The molecule has 0 fully saturated rings. The Morgan fingerprint density at radius 3 is 2.82 bits per heavy atom. The Bertz CT molecular complexity index is 557. The molecule has 0 aliphatic rings. The van der Waals surface area contributed by atoms with Crippen LogP contribution in [0.15, 0.2) is 36.7 Å². The van der Waals surface area contributed by atoms with Crippen LogP contribution in [0, 0.1) is 6.92 Å². The summed E-state index contributed by atoms with van der Waals surface area (Å²) in [6.45, 7) is 1.83. The molecule has 2 aromatic rings. The molecule has 1 amide bonds. The van der Waals surface area contributed by atoms with Crippen molar-refractivity contribution in [3.63, 3.8) is 0 Å². The second-order valence-electron chi connectivity index (χ2n) is 3.46. The molecule has 4 nitrogen and oxygen atoms in total. The molecular formula is C12H10ClN3O. The van der Waals surface area contributed by atoms with E-state index in [-0.39, 0.29) is 5.91 Å². The van der Waals surface area contributed by atoms with Crippen molar-refractivity contribution < 1.29 is 4.79 Å². The van der Waals surface area contributed by atoms with Gasteiger partial charge in [-0.1, -0.05) is 11.6 Å². The monoisotopic (exact) mass is 247 g/mol. The number of aromatic nitrogens is 2. The number of rotatable bonds is 2. The van der Waals surface area contributed by atoms with Gasteiger partial charge in [-0.3, -0.25) is 9.78 Å². The SMILES string of the molecule is Cc1ncccc1NC(=O)c1ccnc(Cl)c1. The van der Waals surface area contributed by atoms with Gasteiger partial charge in [0.05, 0.1) is 11.4 Å². The molecule has 0 aromatic carbocycles. The number of carbonyl (C=O) groups is 1. The lowest BCUT2D eigenvalue weighted by atomic mass is 10.2. The maximum atomic E-state index is 11.9. The maximum absolute atomic E-state index is 11.9. The molecule has 0 aliphatic heterocycles. The van der Waals surface area contributed by atoms with E-state index in [1.165, 1.54) is 12.3 Å². The van der Waals surface area contributed by atoms with Crippen molar-refractivity contribution in [2.24, 2.45) is 0 Å². The molecule has 0 saturated carbocycles. The highest BCUT2D eigenvalue weighted by atomic mass is 35.5. The summed E-state index contributed by atoms with van der Waals surface area (Å²) >= 11 is 5.72. The highest BCUT2D eigenvalue weighted by Gasteiger charge is 2.08. The van der Waals surface area contributed by atoms with Gasteiger partial charge in [0.25, 0.3) is 5.91 Å². The van der Waals surface area contributed by atoms with Crippen LogP contribution in [0.1, 0.15) is 16.1 Å². The topological polar surface area (TPSA) is 54.9 Å². The Kier molecular flexibility index (Phi) is 3.35. The molecule has 0 spiro atoms. The minimum atomic E-state index is -0.231. The van der Waals surface area contributed by atoms with Crippen LogP contribution in [-0.2, 0) is 0 Å². The summed E-state index contributed by atoms with van der Waals surface area (Å²) in [7, 11) is 0. The van der Waals surface area contributed by atoms with Gasteiger partial charge < -0.3 is 5.32 Å². The normalized spacial score (nSPS) is 10.0. The Balaban J connectivity index is 2.20. The predicted octanol–water partition coefficient (Wildman–Crippen LogP) is 2.69. The molecule has 2 aromatic heterocycles. The van der Waals surface area contributed by atoms with Crippen LogP contribution in [0.25, 0.3) is 0 Å². The lowest BCUT2D eigenvalue weighted by molar-refractivity contribution is 0.102. The number of halogens is 1. The molecule has 0 aliphatic carbocycles. The van der Waals surface area contributed by atoms with Crippen LogP contribution in [0.4, 0.5) is 5.69 Å². The van der Waals surface area contributed by atoms with Gasteiger partial charge in [0.1, 0.15) is 5.15 Å². The van der Waals surface area contributed by atoms with Gasteiger partial charge in [-0.15, -0.1) is 0 Å². The van der Waals surface area contributed by atoms with Gasteiger partial charge in [0, 0.05) is 18.0 Å². The molecule has 0 bridgehead atoms. The Morgan fingerprint density at radius 2 is 2.12 bits per heavy atom. The lowest BCUT2D eigenvalue weighted by Gasteiger charge is -2.07. The van der Waals surface area contributed by atoms with Crippen molar-refractivity contribution >= 4 is 23.2 Å². The van der Waals surface area contributed by atoms with Crippen molar-refractivity contribution in [2.45, 2.75) is 6.92 Å². The molecule has 0 saturated heterocycles. The summed E-state index contributed by atoms with van der Waals surface area (Å²) < 4.78 is 0. The first-order valence-corrected chi connectivity index (χ1v) is 5.39. The average Bonchev–Trinajstić information content (AvgIpc) is 2.32. The summed E-state index contributed by atoms with van der Waals surface area (Å²) in [5.41, 5.74) is 1.92. The molecule has 2 heterocycles. The molecule has 17 heavy (non-hydrogen) atoms. The molecule has 0 unspecified atom stereocenters. The molecule has 2 rings (SSSR count). The van der Waals surface area contributed by atoms with E-state index in [0.29, 0.717) is 16.4 Å². The molecule has 5 heteroatoms. The first-order valence-electron chi connectivity index (χ1n) is 5.01. The highest BCUT2D eigenvalue weighted by molar-refractivity contribution is 6.29. The molecule has 0 atom stereocenters. The van der Waals surface area contributed by atoms with E-state index in [1.807, 2.05) is 6.92 Å². The van der Waals surface area contributed by atoms with Crippen LogP contribution in [0.2, 0.25) is 5.15 Å². The highest BCUT2D eigenvalue weighted by Crippen LogP contribution is 2.13. The van der Waals surface area contributed by atoms with Crippen LogP contribution in [-0.4, -0.2) is 15.9 Å². The number of pyridine rings is 2. The minimum absolute atomic E-state index is 0.231. The number of nitrogens with zero attached hydrogens (tertiary/aromatic N) is 2. The Labute approximate surface area is 104 Å². The summed E-state index contributed by atoms with van der Waals surface area (Å²) in [6.07, 6.45) is 3.17. The Morgan fingerprint density at radius 1 is 1.29 bits per heavy atom. The van der Waals surface area contributed by atoms with E-state index in [4.69, 9.17) is 11.6 Å². The fourth-order valence-electron chi connectivity index (χ4n) is 1.35. The average molecular weight is 248 g/mol. The number of hydrogen-bond acceptors (Lipinski definition) is 3. The van der Waals surface area contributed by atoms with Crippen LogP contribution in [0.5, 0.6) is 0 Å². The van der Waals surface area contributed by atoms with Gasteiger partial charge in [-0.2, -0.15) is 0 Å². The standard InChI is InChI=1S/C12H10ClN3O/c1-8-10(3-2-5-14-8)16-12(17)9-4-6-15-11(13)7-9/h2-7H,1H3,(H,16,17). The molecule has 86 valence electrons. The third kappa shape index (κ3) is 2.79. The van der Waals surface area contributed by atoms with E-state index < -0.39 is 0 Å². The quantitative estimate of drug-likeness (QED) is 0.830. The minimum Gasteiger partial charge on any atom is -0.320 e. The van der Waals surface area contributed by atoms with E-state index in [1.54, 1.807) is 24.4 Å². The summed E-state index contributed by atoms with van der Waals surface area (Å²) in [4.78, 5) is 19.8. The predicted molar refractivity (Wildman–Crippen MR) is 66.2 cm³/mol. The number of amides is 1. The summed E-state index contributed by atoms with van der Waals surface area (Å²) in [5, 5.41) is 3.06. The van der Waals surface area contributed by atoms with E-state index in [9.17, 15) is 4.79 Å². The fourth-order valence-corrected chi connectivity index (χ4v) is 1.53. The van der Waals surface area contributed by atoms with Crippen LogP contribution < -0.4 is 5.32 Å². The first kappa shape index (κ1) is 11.5. The van der Waals surface area contributed by atoms with Crippen LogP contribution in [0.3, 0.4) is 0 Å². The molecular weight excluding hydrogens is 238 g/mol. The summed E-state index contributed by atoms with van der Waals surface area (Å²) in [6, 6.07) is 6.68. The van der Waals surface area contributed by atoms with Crippen molar-refractivity contribution in [1.82, 2.24) is 9.97 Å². The van der Waals surface area contributed by atoms with E-state index in [0.717, 1.165) is 5.69 Å². The Hall–Kier alpha value is -1.94. The van der Waals surface area contributed by atoms with Crippen LogP contribution >= 0.6 is 11.6 Å². The number of nitrogens with one attached hydrogen (secondary N) is 1. The first-order chi connectivity index (χ1) is 8.16. The van der Waals surface area contributed by atoms with Crippen molar-refractivity contribution in [1.29, 1.82) is 0 Å². The zero-order chi connectivity index (χ0) is 12.3. The molecule has 1 N–H and O–H groups in total. The van der Waals surface area contributed by atoms with Gasteiger partial charge in [0.2, 0.25) is 0 Å². The maximum Gasteiger partial charge on any atom is 0.255 e. The zero-order valence-corrected chi connectivity index (χ0v) is 9.90. The van der Waals surface area contributed by atoms with Gasteiger partial charge >= 0.3 is 0 Å². The van der Waals surface area contributed by atoms with Gasteiger partial charge in [-0.05, 0) is 31.2 Å². The third-order valence-electron chi connectivity index (χ3n) is 2.24. The smallest absolute Gasteiger partial charge is 0.255 e. The second-order valence-corrected chi connectivity index (χ2v) is 3.84. The number of aryl methyl sites for hydroxylation is 1. The lowest BCUT2D eigenvalue weighted by Crippen LogP contribution is -2.13. The number of carbonyl (C=O) groups excluding carboxylic acids is 1.